The lowest BCUT2D eigenvalue weighted by atomic mass is 9.53. The molecule has 110 valence electrons. The highest BCUT2D eigenvalue weighted by Gasteiger charge is 2.52. The molecule has 4 fully saturated rings. The van der Waals surface area contributed by atoms with Crippen molar-refractivity contribution in [2.75, 3.05) is 6.54 Å². The minimum atomic E-state index is 0.101. The molecule has 0 saturated heterocycles. The summed E-state index contributed by atoms with van der Waals surface area (Å²) in [6, 6.07) is 0. The highest BCUT2D eigenvalue weighted by molar-refractivity contribution is 5.19. The van der Waals surface area contributed by atoms with Gasteiger partial charge in [-0.05, 0) is 76.2 Å². The first-order valence-electron chi connectivity index (χ1n) is 8.12. The van der Waals surface area contributed by atoms with Gasteiger partial charge in [0.25, 0.3) is 5.56 Å². The number of nitrogens with one attached hydrogen (secondary N) is 1. The molecule has 0 amide bonds. The molecule has 0 unspecified atom stereocenters. The van der Waals surface area contributed by atoms with E-state index in [0.717, 1.165) is 29.0 Å². The van der Waals surface area contributed by atoms with Crippen molar-refractivity contribution in [1.82, 2.24) is 9.78 Å². The summed E-state index contributed by atoms with van der Waals surface area (Å²) in [5.41, 5.74) is 7.89. The fourth-order valence-corrected chi connectivity index (χ4v) is 5.69. The van der Waals surface area contributed by atoms with Crippen LogP contribution in [0.25, 0.3) is 0 Å². The molecule has 4 bridgehead atoms. The maximum absolute atomic E-state index is 12.8. The number of rotatable bonds is 3. The number of aryl methyl sites for hydroxylation is 1. The molecule has 1 aromatic heterocycles. The first-order valence-corrected chi connectivity index (χ1v) is 8.12. The number of hydrogen-bond acceptors (Lipinski definition) is 2. The van der Waals surface area contributed by atoms with Crippen LogP contribution < -0.4 is 11.3 Å². The summed E-state index contributed by atoms with van der Waals surface area (Å²) < 4.78 is 2.01. The maximum atomic E-state index is 12.8. The van der Waals surface area contributed by atoms with E-state index < -0.39 is 0 Å². The van der Waals surface area contributed by atoms with Crippen molar-refractivity contribution in [2.24, 2.45) is 23.5 Å². The summed E-state index contributed by atoms with van der Waals surface area (Å²) in [6.45, 7) is 2.57. The van der Waals surface area contributed by atoms with E-state index in [1.54, 1.807) is 0 Å². The smallest absolute Gasteiger partial charge is 0.270 e. The first-order chi connectivity index (χ1) is 9.61. The third-order valence-corrected chi connectivity index (χ3v) is 6.07. The van der Waals surface area contributed by atoms with Gasteiger partial charge in [0.15, 0.2) is 0 Å². The summed E-state index contributed by atoms with van der Waals surface area (Å²) in [6.07, 6.45) is 8.54. The zero-order valence-electron chi connectivity index (χ0n) is 12.3. The molecule has 0 atom stereocenters. The molecule has 0 spiro atoms. The summed E-state index contributed by atoms with van der Waals surface area (Å²) in [4.78, 5) is 12.8. The second-order valence-electron chi connectivity index (χ2n) is 7.54. The molecule has 5 rings (SSSR count). The average molecular weight is 275 g/mol. The predicted molar refractivity (Wildman–Crippen MR) is 78.7 cm³/mol. The lowest BCUT2D eigenvalue weighted by molar-refractivity contribution is -0.0511. The van der Waals surface area contributed by atoms with Crippen LogP contribution in [-0.4, -0.2) is 16.3 Å². The van der Waals surface area contributed by atoms with Crippen LogP contribution in [0.5, 0.6) is 0 Å². The van der Waals surface area contributed by atoms with Gasteiger partial charge >= 0.3 is 0 Å². The Kier molecular flexibility index (Phi) is 2.69. The van der Waals surface area contributed by atoms with Crippen LogP contribution in [0.3, 0.4) is 0 Å². The van der Waals surface area contributed by atoms with Crippen LogP contribution in [0.4, 0.5) is 0 Å². The van der Waals surface area contributed by atoms with Gasteiger partial charge in [0.05, 0.1) is 5.54 Å². The first kappa shape index (κ1) is 12.7. The van der Waals surface area contributed by atoms with Crippen LogP contribution >= 0.6 is 0 Å². The Labute approximate surface area is 119 Å². The number of aromatic amines is 1. The molecule has 4 nitrogen and oxygen atoms in total. The molecule has 0 radical (unpaired) electrons. The standard InChI is InChI=1S/C16H25N3O/c1-10-14(2-3-17)15(20)19(18-10)16-7-11-4-12(8-16)6-13(5-11)9-16/h11-13,18H,2-9,17H2,1H3. The molecular weight excluding hydrogens is 250 g/mol. The van der Waals surface area contributed by atoms with Crippen molar-refractivity contribution in [3.63, 3.8) is 0 Å². The molecular formula is C16H25N3O. The van der Waals surface area contributed by atoms with E-state index >= 15 is 0 Å². The van der Waals surface area contributed by atoms with E-state index in [1.165, 1.54) is 38.5 Å². The number of hydrogen-bond donors (Lipinski definition) is 2. The van der Waals surface area contributed by atoms with Gasteiger partial charge in [-0.2, -0.15) is 0 Å². The minimum absolute atomic E-state index is 0.101. The van der Waals surface area contributed by atoms with Crippen molar-refractivity contribution in [2.45, 2.75) is 57.4 Å². The van der Waals surface area contributed by atoms with E-state index in [9.17, 15) is 4.79 Å². The third kappa shape index (κ3) is 1.67. The van der Waals surface area contributed by atoms with E-state index in [2.05, 4.69) is 5.10 Å². The van der Waals surface area contributed by atoms with E-state index in [-0.39, 0.29) is 11.1 Å². The number of nitrogens with two attached hydrogens (primary N) is 1. The van der Waals surface area contributed by atoms with Crippen LogP contribution in [-0.2, 0) is 12.0 Å². The topological polar surface area (TPSA) is 63.8 Å². The molecule has 1 aromatic rings. The molecule has 4 saturated carbocycles. The second-order valence-corrected chi connectivity index (χ2v) is 7.54. The van der Waals surface area contributed by atoms with Crippen molar-refractivity contribution in [3.8, 4) is 0 Å². The zero-order valence-corrected chi connectivity index (χ0v) is 12.3. The lowest BCUT2D eigenvalue weighted by Crippen LogP contribution is -2.54. The van der Waals surface area contributed by atoms with Gasteiger partial charge < -0.3 is 5.73 Å². The van der Waals surface area contributed by atoms with Crippen LogP contribution in [0.1, 0.15) is 49.8 Å². The summed E-state index contributed by atoms with van der Waals surface area (Å²) in [7, 11) is 0. The zero-order chi connectivity index (χ0) is 13.9. The summed E-state index contributed by atoms with van der Waals surface area (Å²) in [5, 5.41) is 3.40. The van der Waals surface area contributed by atoms with E-state index in [4.69, 9.17) is 5.73 Å². The van der Waals surface area contributed by atoms with Gasteiger partial charge in [-0.3, -0.25) is 9.89 Å². The molecule has 4 aliphatic rings. The minimum Gasteiger partial charge on any atom is -0.330 e. The van der Waals surface area contributed by atoms with E-state index in [1.807, 2.05) is 11.6 Å². The highest BCUT2D eigenvalue weighted by Crippen LogP contribution is 2.58. The largest absolute Gasteiger partial charge is 0.330 e. The Morgan fingerprint density at radius 3 is 2.25 bits per heavy atom. The number of nitrogens with zero attached hydrogens (tertiary/aromatic N) is 1. The molecule has 4 aliphatic carbocycles. The molecule has 3 N–H and O–H groups in total. The SMILES string of the molecule is Cc1[nH]n(C23CC4CC(CC(C4)C2)C3)c(=O)c1CCN. The normalized spacial score (nSPS) is 38.6. The number of aromatic nitrogens is 2. The Morgan fingerprint density at radius 2 is 1.75 bits per heavy atom. The fourth-order valence-electron chi connectivity index (χ4n) is 5.69. The van der Waals surface area contributed by atoms with Crippen molar-refractivity contribution < 1.29 is 0 Å². The highest BCUT2D eigenvalue weighted by atomic mass is 16.1. The van der Waals surface area contributed by atoms with Gasteiger partial charge in [0.2, 0.25) is 0 Å². The average Bonchev–Trinajstić information content (AvgIpc) is 2.66. The van der Waals surface area contributed by atoms with Gasteiger partial charge in [-0.1, -0.05) is 0 Å². The van der Waals surface area contributed by atoms with Gasteiger partial charge in [-0.15, -0.1) is 0 Å². The van der Waals surface area contributed by atoms with E-state index in [0.29, 0.717) is 13.0 Å². The Morgan fingerprint density at radius 1 is 1.20 bits per heavy atom. The third-order valence-electron chi connectivity index (χ3n) is 6.07. The van der Waals surface area contributed by atoms with Gasteiger partial charge in [0.1, 0.15) is 0 Å². The Balaban J connectivity index is 1.77. The predicted octanol–water partition coefficient (Wildman–Crippen LogP) is 1.91. The van der Waals surface area contributed by atoms with Crippen LogP contribution in [0.2, 0.25) is 0 Å². The fraction of sp³-hybridized carbons (Fsp3) is 0.812. The second kappa shape index (κ2) is 4.23. The van der Waals surface area contributed by atoms with Crippen molar-refractivity contribution in [1.29, 1.82) is 0 Å². The maximum Gasteiger partial charge on any atom is 0.270 e. The molecule has 20 heavy (non-hydrogen) atoms. The monoisotopic (exact) mass is 275 g/mol. The van der Waals surface area contributed by atoms with Crippen molar-refractivity contribution in [3.05, 3.63) is 21.6 Å². The molecule has 0 aromatic carbocycles. The molecule has 1 heterocycles. The van der Waals surface area contributed by atoms with Crippen molar-refractivity contribution >= 4 is 0 Å². The quantitative estimate of drug-likeness (QED) is 0.885. The van der Waals surface area contributed by atoms with Gasteiger partial charge in [0, 0.05) is 11.3 Å². The summed E-state index contributed by atoms with van der Waals surface area (Å²) >= 11 is 0. The number of H-pyrrole nitrogens is 1. The Bertz CT molecular complexity index is 548. The molecule has 0 aliphatic heterocycles. The Hall–Kier alpha value is -1.03. The molecule has 4 heteroatoms. The summed E-state index contributed by atoms with van der Waals surface area (Å²) in [5.74, 6) is 2.57. The van der Waals surface area contributed by atoms with Crippen LogP contribution in [0, 0.1) is 24.7 Å². The van der Waals surface area contributed by atoms with Crippen LogP contribution in [0.15, 0.2) is 4.79 Å². The lowest BCUT2D eigenvalue weighted by Gasteiger charge is -2.56. The van der Waals surface area contributed by atoms with Gasteiger partial charge in [-0.25, -0.2) is 4.68 Å².